The smallest absolute Gasteiger partial charge is 0.295 e. The highest BCUT2D eigenvalue weighted by Crippen LogP contribution is 2.63. The Hall–Kier alpha value is 0.480. The van der Waals surface area contributed by atoms with Gasteiger partial charge in [-0.25, -0.2) is 0 Å². The first-order valence-corrected chi connectivity index (χ1v) is 6.28. The van der Waals surface area contributed by atoms with Crippen LogP contribution in [0.3, 0.4) is 0 Å². The van der Waals surface area contributed by atoms with Gasteiger partial charge in [0.2, 0.25) is 0 Å². The molecule has 0 N–H and O–H groups in total. The lowest BCUT2D eigenvalue weighted by Crippen LogP contribution is -2.13. The molecule has 68 valence electrons. The molecule has 0 aromatic rings. The van der Waals surface area contributed by atoms with Gasteiger partial charge in [-0.15, -0.1) is 0 Å². The molecule has 0 saturated heterocycles. The summed E-state index contributed by atoms with van der Waals surface area (Å²) in [6.45, 7) is 4.96. The van der Waals surface area contributed by atoms with Crippen molar-refractivity contribution in [2.24, 2.45) is 0 Å². The van der Waals surface area contributed by atoms with Crippen molar-refractivity contribution in [3.05, 3.63) is 0 Å². The van der Waals surface area contributed by atoms with Crippen LogP contribution < -0.4 is 0 Å². The van der Waals surface area contributed by atoms with Gasteiger partial charge < -0.3 is 4.52 Å². The fraction of sp³-hybridized carbons (Fsp3) is 1.00. The highest BCUT2D eigenvalue weighted by Gasteiger charge is 2.35. The lowest BCUT2D eigenvalue weighted by Gasteiger charge is -2.24. The van der Waals surface area contributed by atoms with Crippen molar-refractivity contribution in [1.82, 2.24) is 0 Å². The quantitative estimate of drug-likeness (QED) is 0.647. The second-order valence-electron chi connectivity index (χ2n) is 3.48. The Morgan fingerprint density at radius 1 is 1.45 bits per heavy atom. The van der Waals surface area contributed by atoms with Gasteiger partial charge >= 0.3 is 0 Å². The molecule has 0 aliphatic rings. The van der Waals surface area contributed by atoms with Crippen LogP contribution in [0, 0.1) is 0 Å². The van der Waals surface area contributed by atoms with Gasteiger partial charge in [-0.3, -0.25) is 4.57 Å². The first-order chi connectivity index (χ1) is 4.81. The minimum atomic E-state index is -2.92. The van der Waals surface area contributed by atoms with E-state index in [9.17, 15) is 4.57 Å². The fourth-order valence-corrected chi connectivity index (χ4v) is 1.41. The van der Waals surface area contributed by atoms with Crippen LogP contribution in [0.25, 0.3) is 0 Å². The minimum Gasteiger partial charge on any atom is -0.317 e. The summed E-state index contributed by atoms with van der Waals surface area (Å²) in [6, 6.07) is 0. The average Bonchev–Trinajstić information content (AvgIpc) is 1.81. The molecule has 0 heterocycles. The van der Waals surface area contributed by atoms with Gasteiger partial charge in [0.15, 0.2) is 0 Å². The van der Waals surface area contributed by atoms with E-state index >= 15 is 0 Å². The van der Waals surface area contributed by atoms with Crippen molar-refractivity contribution in [1.29, 1.82) is 0 Å². The SMILES string of the molecule is CCCOP(=O)(Cl)C(C)(C)C. The Bertz CT molecular complexity index is 162. The first-order valence-electron chi connectivity index (χ1n) is 3.75. The molecule has 0 spiro atoms. The van der Waals surface area contributed by atoms with E-state index < -0.39 is 11.9 Å². The van der Waals surface area contributed by atoms with E-state index in [1.165, 1.54) is 0 Å². The van der Waals surface area contributed by atoms with Crippen LogP contribution in [0.1, 0.15) is 34.1 Å². The van der Waals surface area contributed by atoms with Crippen molar-refractivity contribution in [3.63, 3.8) is 0 Å². The summed E-state index contributed by atoms with van der Waals surface area (Å²) in [7, 11) is 0. The zero-order valence-corrected chi connectivity index (χ0v) is 9.21. The summed E-state index contributed by atoms with van der Waals surface area (Å²) in [5, 5.41) is -0.455. The fourth-order valence-electron chi connectivity index (χ4n) is 0.402. The maximum absolute atomic E-state index is 11.5. The van der Waals surface area contributed by atoms with Crippen LogP contribution in [-0.2, 0) is 9.09 Å². The lowest BCUT2D eigenvalue weighted by atomic mass is 10.3. The largest absolute Gasteiger partial charge is 0.317 e. The third-order valence-electron chi connectivity index (χ3n) is 1.26. The lowest BCUT2D eigenvalue weighted by molar-refractivity contribution is 0.310. The number of hydrogen-bond acceptors (Lipinski definition) is 2. The van der Waals surface area contributed by atoms with E-state index in [4.69, 9.17) is 15.8 Å². The second kappa shape index (κ2) is 3.93. The van der Waals surface area contributed by atoms with E-state index in [2.05, 4.69) is 0 Å². The molecule has 0 saturated carbocycles. The molecule has 0 aromatic carbocycles. The van der Waals surface area contributed by atoms with Crippen molar-refractivity contribution < 1.29 is 9.09 Å². The average molecular weight is 199 g/mol. The Labute approximate surface area is 73.5 Å². The van der Waals surface area contributed by atoms with Gasteiger partial charge in [0.1, 0.15) is 0 Å². The summed E-state index contributed by atoms with van der Waals surface area (Å²) in [6.07, 6.45) is 0.840. The molecular formula is C7H16ClO2P. The molecule has 0 radical (unpaired) electrons. The van der Waals surface area contributed by atoms with Crippen molar-refractivity contribution in [2.45, 2.75) is 39.3 Å². The van der Waals surface area contributed by atoms with Crippen LogP contribution in [0.4, 0.5) is 0 Å². The zero-order chi connectivity index (χ0) is 9.12. The topological polar surface area (TPSA) is 26.3 Å². The molecule has 0 amide bonds. The van der Waals surface area contributed by atoms with Crippen LogP contribution in [0.15, 0.2) is 0 Å². The molecule has 0 bridgehead atoms. The predicted molar refractivity (Wildman–Crippen MR) is 49.5 cm³/mol. The minimum absolute atomic E-state index is 0.455. The number of halogens is 1. The molecule has 11 heavy (non-hydrogen) atoms. The van der Waals surface area contributed by atoms with E-state index in [0.717, 1.165) is 6.42 Å². The highest BCUT2D eigenvalue weighted by molar-refractivity contribution is 7.86. The van der Waals surface area contributed by atoms with Crippen molar-refractivity contribution in [2.75, 3.05) is 6.61 Å². The molecular weight excluding hydrogens is 183 g/mol. The van der Waals surface area contributed by atoms with E-state index in [1.807, 2.05) is 27.7 Å². The summed E-state index contributed by atoms with van der Waals surface area (Å²) in [5.74, 6) is 0. The Balaban J connectivity index is 4.12. The maximum Gasteiger partial charge on any atom is 0.295 e. The molecule has 0 rings (SSSR count). The van der Waals surface area contributed by atoms with Gasteiger partial charge in [0.05, 0.1) is 11.8 Å². The van der Waals surface area contributed by atoms with Crippen LogP contribution in [-0.4, -0.2) is 11.8 Å². The Morgan fingerprint density at radius 2 is 1.91 bits per heavy atom. The van der Waals surface area contributed by atoms with Gasteiger partial charge in [0, 0.05) is 0 Å². The van der Waals surface area contributed by atoms with E-state index in [-0.39, 0.29) is 0 Å². The molecule has 2 nitrogen and oxygen atoms in total. The number of rotatable bonds is 3. The predicted octanol–water partition coefficient (Wildman–Crippen LogP) is 3.64. The molecule has 0 aromatic heterocycles. The van der Waals surface area contributed by atoms with Crippen molar-refractivity contribution in [3.8, 4) is 0 Å². The summed E-state index contributed by atoms with van der Waals surface area (Å²) >= 11 is 5.72. The van der Waals surface area contributed by atoms with Crippen LogP contribution in [0.5, 0.6) is 0 Å². The van der Waals surface area contributed by atoms with Gasteiger partial charge in [0.25, 0.3) is 6.72 Å². The summed E-state index contributed by atoms with van der Waals surface area (Å²) < 4.78 is 16.6. The Morgan fingerprint density at radius 3 is 2.18 bits per heavy atom. The maximum atomic E-state index is 11.5. The van der Waals surface area contributed by atoms with E-state index in [1.54, 1.807) is 0 Å². The highest BCUT2D eigenvalue weighted by atomic mass is 35.7. The molecule has 0 aliphatic heterocycles. The van der Waals surface area contributed by atoms with Crippen molar-refractivity contribution >= 4 is 18.0 Å². The van der Waals surface area contributed by atoms with E-state index in [0.29, 0.717) is 6.61 Å². The monoisotopic (exact) mass is 198 g/mol. The molecule has 0 aliphatic carbocycles. The second-order valence-corrected chi connectivity index (χ2v) is 7.38. The summed E-state index contributed by atoms with van der Waals surface area (Å²) in [4.78, 5) is 0. The number of hydrogen-bond donors (Lipinski definition) is 0. The molecule has 1 atom stereocenters. The van der Waals surface area contributed by atoms with Gasteiger partial charge in [-0.1, -0.05) is 6.92 Å². The molecule has 1 unspecified atom stereocenters. The van der Waals surface area contributed by atoms with Crippen LogP contribution in [0.2, 0.25) is 0 Å². The normalized spacial score (nSPS) is 17.9. The zero-order valence-electron chi connectivity index (χ0n) is 7.56. The third-order valence-corrected chi connectivity index (χ3v) is 5.19. The van der Waals surface area contributed by atoms with Gasteiger partial charge in [-0.2, -0.15) is 0 Å². The molecule has 0 fully saturated rings. The Kier molecular flexibility index (Phi) is 4.10. The summed E-state index contributed by atoms with van der Waals surface area (Å²) in [5.41, 5.74) is 0. The third kappa shape index (κ3) is 3.59. The van der Waals surface area contributed by atoms with Crippen LogP contribution >= 0.6 is 18.0 Å². The van der Waals surface area contributed by atoms with Gasteiger partial charge in [-0.05, 0) is 38.4 Å². The first kappa shape index (κ1) is 11.5. The standard InChI is InChI=1S/C7H16ClO2P/c1-5-6-10-11(8,9)7(2,3)4/h5-6H2,1-4H3. The molecule has 4 heteroatoms.